The second-order valence-corrected chi connectivity index (χ2v) is 16.1. The number of rotatable bonds is 13. The van der Waals surface area contributed by atoms with Crippen LogP contribution in [0, 0.1) is 0 Å². The SMILES string of the molecule is COCCN1/C(=C/C=C2C=C(/C=C/c3sc4cc(S(C)=O)ccc4[n+]3CCOC)CC(c3ccccc3)C/2)Sc2cc(SOC)ccc21. The summed E-state index contributed by atoms with van der Waals surface area (Å²) < 4.78 is 31.9. The zero-order chi connectivity index (χ0) is 33.5. The molecular weight excluding hydrogens is 677 g/mol. The third-order valence-electron chi connectivity index (χ3n) is 8.44. The quantitative estimate of drug-likeness (QED) is 0.101. The van der Waals surface area contributed by atoms with Crippen LogP contribution < -0.4 is 9.47 Å². The molecule has 6 nitrogen and oxygen atoms in total. The number of aromatic nitrogens is 1. The summed E-state index contributed by atoms with van der Waals surface area (Å²) in [5.74, 6) is 0.386. The van der Waals surface area contributed by atoms with E-state index in [1.165, 1.54) is 44.4 Å². The fourth-order valence-electron chi connectivity index (χ4n) is 6.12. The van der Waals surface area contributed by atoms with Gasteiger partial charge >= 0.3 is 0 Å². The Kier molecular flexibility index (Phi) is 12.1. The van der Waals surface area contributed by atoms with Gasteiger partial charge in [-0.05, 0) is 71.9 Å². The van der Waals surface area contributed by atoms with E-state index in [0.29, 0.717) is 19.1 Å². The molecule has 0 amide bonds. The van der Waals surface area contributed by atoms with Crippen LogP contribution in [0.15, 0.2) is 122 Å². The Bertz CT molecular complexity index is 1900. The average Bonchev–Trinajstić information content (AvgIpc) is 3.64. The van der Waals surface area contributed by atoms with E-state index in [9.17, 15) is 4.21 Å². The fraction of sp³-hybridized carbons (Fsp3) is 0.289. The maximum absolute atomic E-state index is 12.2. The minimum absolute atomic E-state index is 0.386. The molecule has 1 aliphatic heterocycles. The molecule has 250 valence electrons. The summed E-state index contributed by atoms with van der Waals surface area (Å²) in [4.78, 5) is 5.52. The van der Waals surface area contributed by atoms with Crippen molar-refractivity contribution in [1.82, 2.24) is 0 Å². The molecule has 1 aliphatic carbocycles. The van der Waals surface area contributed by atoms with E-state index in [-0.39, 0.29) is 0 Å². The van der Waals surface area contributed by atoms with Crippen LogP contribution in [0.4, 0.5) is 5.69 Å². The number of fused-ring (bicyclic) bond motifs is 2. The molecule has 0 radical (unpaired) electrons. The summed E-state index contributed by atoms with van der Waals surface area (Å²) in [5.41, 5.74) is 6.30. The third kappa shape index (κ3) is 8.25. The van der Waals surface area contributed by atoms with E-state index in [4.69, 9.17) is 13.7 Å². The Morgan fingerprint density at radius 1 is 0.979 bits per heavy atom. The molecule has 2 unspecified atom stereocenters. The molecule has 0 bridgehead atoms. The van der Waals surface area contributed by atoms with Gasteiger partial charge in [0.05, 0.1) is 24.4 Å². The second kappa shape index (κ2) is 16.6. The summed E-state index contributed by atoms with van der Waals surface area (Å²) in [7, 11) is 4.16. The lowest BCUT2D eigenvalue weighted by Gasteiger charge is -2.24. The van der Waals surface area contributed by atoms with Crippen molar-refractivity contribution in [3.63, 3.8) is 0 Å². The first-order valence-electron chi connectivity index (χ1n) is 15.9. The lowest BCUT2D eigenvalue weighted by molar-refractivity contribution is -0.670. The van der Waals surface area contributed by atoms with Gasteiger partial charge in [-0.15, -0.1) is 0 Å². The zero-order valence-corrected chi connectivity index (χ0v) is 31.0. The number of anilines is 1. The minimum Gasteiger partial charge on any atom is -0.383 e. The summed E-state index contributed by atoms with van der Waals surface area (Å²) in [5, 5.41) is 2.34. The normalized spacial score (nSPS) is 18.7. The summed E-state index contributed by atoms with van der Waals surface area (Å²) >= 11 is 4.91. The van der Waals surface area contributed by atoms with Crippen molar-refractivity contribution in [2.45, 2.75) is 40.0 Å². The first kappa shape index (κ1) is 34.9. The molecule has 4 aromatic rings. The van der Waals surface area contributed by atoms with Gasteiger partial charge in [0.25, 0.3) is 5.01 Å². The first-order chi connectivity index (χ1) is 23.5. The highest BCUT2D eigenvalue weighted by atomic mass is 32.2. The predicted octanol–water partition coefficient (Wildman–Crippen LogP) is 8.77. The number of hydrogen-bond acceptors (Lipinski definition) is 8. The van der Waals surface area contributed by atoms with E-state index < -0.39 is 10.8 Å². The number of nitrogens with zero attached hydrogens (tertiary/aromatic N) is 2. The molecule has 0 spiro atoms. The molecule has 0 saturated heterocycles. The monoisotopic (exact) mass is 717 g/mol. The molecular formula is C38H41N2O4S4+. The van der Waals surface area contributed by atoms with Crippen LogP contribution >= 0.6 is 35.1 Å². The Balaban J connectivity index is 1.34. The van der Waals surface area contributed by atoms with Gasteiger partial charge in [-0.25, -0.2) is 0 Å². The van der Waals surface area contributed by atoms with E-state index >= 15 is 0 Å². The number of methoxy groups -OCH3 is 2. The Morgan fingerprint density at radius 3 is 2.58 bits per heavy atom. The number of hydrogen-bond donors (Lipinski definition) is 0. The molecule has 2 atom stereocenters. The van der Waals surface area contributed by atoms with E-state index in [1.807, 2.05) is 6.07 Å². The van der Waals surface area contributed by atoms with Gasteiger partial charge in [0.15, 0.2) is 6.54 Å². The van der Waals surface area contributed by atoms with Gasteiger partial charge in [0.2, 0.25) is 5.52 Å². The van der Waals surface area contributed by atoms with Gasteiger partial charge in [0, 0.05) is 76.7 Å². The summed E-state index contributed by atoms with van der Waals surface area (Å²) in [6.45, 7) is 2.80. The molecule has 1 aromatic heterocycles. The number of thiazole rings is 1. The number of benzene rings is 3. The Morgan fingerprint density at radius 2 is 1.81 bits per heavy atom. The maximum atomic E-state index is 12.2. The average molecular weight is 718 g/mol. The molecule has 3 aromatic carbocycles. The van der Waals surface area contributed by atoms with Crippen molar-refractivity contribution in [2.75, 3.05) is 52.2 Å². The summed E-state index contributed by atoms with van der Waals surface area (Å²) in [6.07, 6.45) is 15.1. The number of ether oxygens (including phenoxy) is 2. The minimum atomic E-state index is -1.02. The highest BCUT2D eigenvalue weighted by molar-refractivity contribution is 8.03. The molecule has 2 aliphatic rings. The van der Waals surface area contributed by atoms with E-state index in [2.05, 4.69) is 101 Å². The molecule has 0 saturated carbocycles. The van der Waals surface area contributed by atoms with Crippen molar-refractivity contribution in [3.8, 4) is 0 Å². The molecule has 10 heteroatoms. The standard InChI is InChI=1S/C38H41N2O4S4/c1-42-20-18-39-33-14-12-31(47-44-3)25-35(33)45-37(39)16-10-27-22-28(24-30(23-27)29-8-6-5-7-9-29)11-17-38-40(19-21-43-2)34-15-13-32(48(4)41)26-36(34)46-38/h5-17,22,25-26,30H,18-21,23-24H2,1-4H3/q+1. The van der Waals surface area contributed by atoms with Crippen molar-refractivity contribution in [1.29, 1.82) is 0 Å². The fourth-order valence-corrected chi connectivity index (χ4v) is 9.55. The molecule has 48 heavy (non-hydrogen) atoms. The van der Waals surface area contributed by atoms with Crippen LogP contribution in [0.1, 0.15) is 29.3 Å². The molecule has 0 N–H and O–H groups in total. The number of thioether (sulfide) groups is 1. The van der Waals surface area contributed by atoms with Crippen LogP contribution in [-0.2, 0) is 31.0 Å². The third-order valence-corrected chi connectivity index (χ3v) is 12.2. The van der Waals surface area contributed by atoms with Gasteiger partial charge in [-0.2, -0.15) is 4.57 Å². The second-order valence-electron chi connectivity index (χ2n) is 11.6. The van der Waals surface area contributed by atoms with Gasteiger partial charge in [-0.1, -0.05) is 71.7 Å². The first-order valence-corrected chi connectivity index (χ1v) is 19.8. The molecule has 2 heterocycles. The van der Waals surface area contributed by atoms with Crippen molar-refractivity contribution >= 4 is 67.9 Å². The van der Waals surface area contributed by atoms with Crippen LogP contribution in [-0.4, -0.2) is 51.6 Å². The van der Waals surface area contributed by atoms with Crippen molar-refractivity contribution in [3.05, 3.63) is 118 Å². The predicted molar refractivity (Wildman–Crippen MR) is 202 cm³/mol. The largest absolute Gasteiger partial charge is 0.383 e. The maximum Gasteiger partial charge on any atom is 0.262 e. The molecule has 6 rings (SSSR count). The topological polar surface area (TPSA) is 51.9 Å². The van der Waals surface area contributed by atoms with Crippen molar-refractivity contribution in [2.24, 2.45) is 0 Å². The summed E-state index contributed by atoms with van der Waals surface area (Å²) in [6, 6.07) is 23.5. The van der Waals surface area contributed by atoms with Crippen molar-refractivity contribution < 1.29 is 22.4 Å². The van der Waals surface area contributed by atoms with Gasteiger partial charge in [0.1, 0.15) is 11.3 Å². The number of allylic oxidation sites excluding steroid dienone is 6. The lowest BCUT2D eigenvalue weighted by Crippen LogP contribution is -2.37. The lowest BCUT2D eigenvalue weighted by atomic mass is 9.81. The van der Waals surface area contributed by atoms with Crippen LogP contribution in [0.3, 0.4) is 0 Å². The highest BCUT2D eigenvalue weighted by Gasteiger charge is 2.26. The van der Waals surface area contributed by atoms with E-state index in [0.717, 1.165) is 50.9 Å². The van der Waals surface area contributed by atoms with Crippen LogP contribution in [0.2, 0.25) is 0 Å². The Labute approximate surface area is 298 Å². The van der Waals surface area contributed by atoms with Gasteiger partial charge in [-0.3, -0.25) is 4.21 Å². The smallest absolute Gasteiger partial charge is 0.262 e. The van der Waals surface area contributed by atoms with Crippen LogP contribution in [0.25, 0.3) is 16.3 Å². The zero-order valence-electron chi connectivity index (χ0n) is 27.7. The highest BCUT2D eigenvalue weighted by Crippen LogP contribution is 2.47. The van der Waals surface area contributed by atoms with Gasteiger partial charge < -0.3 is 18.6 Å². The van der Waals surface area contributed by atoms with Crippen LogP contribution in [0.5, 0.6) is 0 Å². The molecule has 0 fully saturated rings. The van der Waals surface area contributed by atoms with E-state index in [1.54, 1.807) is 50.7 Å². The Hall–Kier alpha value is -2.96.